The van der Waals surface area contributed by atoms with Gasteiger partial charge in [-0.05, 0) is 11.4 Å². The Hall–Kier alpha value is -0.970. The molecule has 0 radical (unpaired) electrons. The second-order valence-electron chi connectivity index (χ2n) is 2.11. The fraction of sp³-hybridized carbons (Fsp3) is 0.286. The van der Waals surface area contributed by atoms with Gasteiger partial charge in [-0.1, -0.05) is 0 Å². The second kappa shape index (κ2) is 4.15. The number of hydrogen-bond acceptors (Lipinski definition) is 2. The Kier molecular flexibility index (Phi) is 3.16. The maximum Gasteiger partial charge on any atom is 0.255 e. The zero-order valence-corrected chi connectivity index (χ0v) is 6.91. The third kappa shape index (κ3) is 2.58. The van der Waals surface area contributed by atoms with Crippen molar-refractivity contribution < 1.29 is 13.6 Å². The van der Waals surface area contributed by atoms with Gasteiger partial charge in [0.15, 0.2) is 0 Å². The van der Waals surface area contributed by atoms with Crippen LogP contribution in [-0.2, 0) is 0 Å². The van der Waals surface area contributed by atoms with Gasteiger partial charge in [0.1, 0.15) is 0 Å². The van der Waals surface area contributed by atoms with Gasteiger partial charge in [-0.15, -0.1) is 0 Å². The lowest BCUT2D eigenvalue weighted by Crippen LogP contribution is -2.27. The van der Waals surface area contributed by atoms with Crippen LogP contribution in [0.2, 0.25) is 0 Å². The van der Waals surface area contributed by atoms with Crippen molar-refractivity contribution in [1.29, 1.82) is 0 Å². The van der Waals surface area contributed by atoms with Crippen LogP contribution in [0.1, 0.15) is 10.4 Å². The number of thiophene rings is 1. The summed E-state index contributed by atoms with van der Waals surface area (Å²) >= 11 is 1.35. The molecule has 1 amide bonds. The van der Waals surface area contributed by atoms with Crippen molar-refractivity contribution in [2.24, 2.45) is 0 Å². The summed E-state index contributed by atoms with van der Waals surface area (Å²) in [5.41, 5.74) is 0.431. The van der Waals surface area contributed by atoms with Crippen LogP contribution >= 0.6 is 11.3 Å². The van der Waals surface area contributed by atoms with Crippen LogP contribution in [0.5, 0.6) is 0 Å². The van der Waals surface area contributed by atoms with E-state index in [0.29, 0.717) is 5.56 Å². The second-order valence-corrected chi connectivity index (χ2v) is 2.89. The predicted molar refractivity (Wildman–Crippen MR) is 42.7 cm³/mol. The summed E-state index contributed by atoms with van der Waals surface area (Å²) in [4.78, 5) is 11.0. The van der Waals surface area contributed by atoms with Gasteiger partial charge in [-0.25, -0.2) is 8.78 Å². The molecule has 66 valence electrons. The van der Waals surface area contributed by atoms with Crippen molar-refractivity contribution in [3.05, 3.63) is 22.4 Å². The third-order valence-electron chi connectivity index (χ3n) is 1.20. The Balaban J connectivity index is 2.40. The molecule has 1 N–H and O–H groups in total. The molecule has 2 nitrogen and oxygen atoms in total. The van der Waals surface area contributed by atoms with E-state index >= 15 is 0 Å². The van der Waals surface area contributed by atoms with Crippen molar-refractivity contribution in [3.63, 3.8) is 0 Å². The average Bonchev–Trinajstić information content (AvgIpc) is 2.51. The summed E-state index contributed by atoms with van der Waals surface area (Å²) in [5, 5.41) is 5.43. The molecule has 0 fully saturated rings. The lowest BCUT2D eigenvalue weighted by molar-refractivity contribution is 0.0892. The maximum atomic E-state index is 11.6. The van der Waals surface area contributed by atoms with Gasteiger partial charge in [0.2, 0.25) is 0 Å². The highest BCUT2D eigenvalue weighted by Crippen LogP contribution is 2.05. The molecule has 1 rings (SSSR count). The molecule has 0 spiro atoms. The molecule has 0 aliphatic rings. The van der Waals surface area contributed by atoms with Crippen LogP contribution in [-0.4, -0.2) is 18.9 Å². The minimum atomic E-state index is -2.49. The number of amides is 1. The van der Waals surface area contributed by atoms with Gasteiger partial charge in [0.05, 0.1) is 6.54 Å². The van der Waals surface area contributed by atoms with Gasteiger partial charge in [-0.3, -0.25) is 4.79 Å². The highest BCUT2D eigenvalue weighted by molar-refractivity contribution is 7.08. The molecule has 0 bridgehead atoms. The predicted octanol–water partition coefficient (Wildman–Crippen LogP) is 1.74. The molecule has 0 aliphatic carbocycles. The largest absolute Gasteiger partial charge is 0.346 e. The molecule has 5 heteroatoms. The van der Waals surface area contributed by atoms with Crippen LogP contribution in [0, 0.1) is 0 Å². The summed E-state index contributed by atoms with van der Waals surface area (Å²) in [5.74, 6) is -0.448. The van der Waals surface area contributed by atoms with Crippen molar-refractivity contribution in [2.45, 2.75) is 6.43 Å². The first-order valence-electron chi connectivity index (χ1n) is 3.28. The normalized spacial score (nSPS) is 10.2. The molecule has 0 saturated carbocycles. The molecule has 0 unspecified atom stereocenters. The zero-order valence-electron chi connectivity index (χ0n) is 6.09. The Morgan fingerprint density at radius 3 is 2.92 bits per heavy atom. The van der Waals surface area contributed by atoms with E-state index in [-0.39, 0.29) is 0 Å². The molecular formula is C7H7F2NOS. The van der Waals surface area contributed by atoms with E-state index in [4.69, 9.17) is 0 Å². The van der Waals surface area contributed by atoms with Gasteiger partial charge in [0, 0.05) is 10.9 Å². The van der Waals surface area contributed by atoms with E-state index in [1.165, 1.54) is 11.3 Å². The lowest BCUT2D eigenvalue weighted by Gasteiger charge is -2.00. The van der Waals surface area contributed by atoms with Crippen molar-refractivity contribution in [3.8, 4) is 0 Å². The minimum absolute atomic E-state index is 0.431. The highest BCUT2D eigenvalue weighted by Gasteiger charge is 2.08. The van der Waals surface area contributed by atoms with E-state index in [1.54, 1.807) is 16.8 Å². The van der Waals surface area contributed by atoms with Crippen molar-refractivity contribution in [2.75, 3.05) is 6.54 Å². The summed E-state index contributed by atoms with van der Waals surface area (Å²) in [6.45, 7) is -0.589. The summed E-state index contributed by atoms with van der Waals surface area (Å²) < 4.78 is 23.2. The topological polar surface area (TPSA) is 29.1 Å². The molecule has 1 aromatic rings. The van der Waals surface area contributed by atoms with Gasteiger partial charge in [0.25, 0.3) is 12.3 Å². The fourth-order valence-corrected chi connectivity index (χ4v) is 1.30. The number of halogens is 2. The molecular weight excluding hydrogens is 184 g/mol. The first-order valence-corrected chi connectivity index (χ1v) is 4.23. The minimum Gasteiger partial charge on any atom is -0.346 e. The number of hydrogen-bond donors (Lipinski definition) is 1. The first kappa shape index (κ1) is 9.12. The average molecular weight is 191 g/mol. The first-order chi connectivity index (χ1) is 5.70. The molecule has 0 aliphatic heterocycles. The Morgan fingerprint density at radius 2 is 2.42 bits per heavy atom. The smallest absolute Gasteiger partial charge is 0.255 e. The van der Waals surface area contributed by atoms with Gasteiger partial charge >= 0.3 is 0 Å². The highest BCUT2D eigenvalue weighted by atomic mass is 32.1. The quantitative estimate of drug-likeness (QED) is 0.774. The van der Waals surface area contributed by atoms with Gasteiger partial charge in [-0.2, -0.15) is 11.3 Å². The fourth-order valence-electron chi connectivity index (χ4n) is 0.666. The summed E-state index contributed by atoms with van der Waals surface area (Å²) in [7, 11) is 0. The molecule has 0 atom stereocenters. The summed E-state index contributed by atoms with van der Waals surface area (Å²) in [6, 6.07) is 1.59. The van der Waals surface area contributed by atoms with Crippen LogP contribution in [0.3, 0.4) is 0 Å². The van der Waals surface area contributed by atoms with Crippen LogP contribution < -0.4 is 5.32 Å². The summed E-state index contributed by atoms with van der Waals surface area (Å²) in [6.07, 6.45) is -2.49. The Labute approximate surface area is 72.2 Å². The van der Waals surface area contributed by atoms with Crippen molar-refractivity contribution >= 4 is 17.2 Å². The molecule has 0 aromatic carbocycles. The number of nitrogens with one attached hydrogen (secondary N) is 1. The van der Waals surface area contributed by atoms with Crippen LogP contribution in [0.15, 0.2) is 16.8 Å². The molecule has 1 heterocycles. The molecule has 12 heavy (non-hydrogen) atoms. The SMILES string of the molecule is O=C(NCC(F)F)c1ccsc1. The standard InChI is InChI=1S/C7H7F2NOS/c8-6(9)3-10-7(11)5-1-2-12-4-5/h1-2,4,6H,3H2,(H,10,11). The Bertz CT molecular complexity index is 248. The van der Waals surface area contributed by atoms with Crippen molar-refractivity contribution in [1.82, 2.24) is 5.32 Å². The van der Waals surface area contributed by atoms with E-state index in [1.807, 2.05) is 0 Å². The monoisotopic (exact) mass is 191 g/mol. The van der Waals surface area contributed by atoms with E-state index < -0.39 is 18.9 Å². The number of carbonyl (C=O) groups excluding carboxylic acids is 1. The molecule has 1 aromatic heterocycles. The Morgan fingerprint density at radius 1 is 1.67 bits per heavy atom. The van der Waals surface area contributed by atoms with Crippen LogP contribution in [0.4, 0.5) is 8.78 Å². The third-order valence-corrected chi connectivity index (χ3v) is 1.88. The molecule has 0 saturated heterocycles. The number of alkyl halides is 2. The van der Waals surface area contributed by atoms with E-state index in [9.17, 15) is 13.6 Å². The number of carbonyl (C=O) groups is 1. The van der Waals surface area contributed by atoms with E-state index in [0.717, 1.165) is 0 Å². The van der Waals surface area contributed by atoms with Gasteiger partial charge < -0.3 is 5.32 Å². The lowest BCUT2D eigenvalue weighted by atomic mass is 10.3. The maximum absolute atomic E-state index is 11.6. The van der Waals surface area contributed by atoms with Crippen LogP contribution in [0.25, 0.3) is 0 Å². The van der Waals surface area contributed by atoms with E-state index in [2.05, 4.69) is 5.32 Å². The number of rotatable bonds is 3. The zero-order chi connectivity index (χ0) is 8.97.